The van der Waals surface area contributed by atoms with E-state index in [1.165, 1.54) is 0 Å². The van der Waals surface area contributed by atoms with E-state index in [1.54, 1.807) is 29.7 Å². The fraction of sp³-hybridized carbons (Fsp3) is 0.440. The van der Waals surface area contributed by atoms with Gasteiger partial charge in [-0.1, -0.05) is 19.9 Å². The average molecular weight is 445 g/mol. The van der Waals surface area contributed by atoms with E-state index < -0.39 is 5.41 Å². The van der Waals surface area contributed by atoms with E-state index in [0.29, 0.717) is 23.8 Å². The molecule has 0 radical (unpaired) electrons. The summed E-state index contributed by atoms with van der Waals surface area (Å²) in [5, 5.41) is 3.01. The summed E-state index contributed by atoms with van der Waals surface area (Å²) in [6.45, 7) is 9.80. The number of rotatable bonds is 3. The molecular weight excluding hydrogens is 416 g/mol. The summed E-state index contributed by atoms with van der Waals surface area (Å²) in [5.74, 6) is 0.743. The molecule has 4 heterocycles. The van der Waals surface area contributed by atoms with E-state index in [1.807, 2.05) is 40.7 Å². The van der Waals surface area contributed by atoms with Crippen LogP contribution in [0.2, 0.25) is 0 Å². The maximum Gasteiger partial charge on any atom is 0.238 e. The summed E-state index contributed by atoms with van der Waals surface area (Å²) in [5.41, 5.74) is 2.50. The van der Waals surface area contributed by atoms with Gasteiger partial charge in [0.15, 0.2) is 5.82 Å². The molecule has 2 atom stereocenters. The third-order valence-corrected chi connectivity index (χ3v) is 6.95. The van der Waals surface area contributed by atoms with Crippen molar-refractivity contribution in [3.63, 3.8) is 0 Å². The number of fused-ring (bicyclic) bond motifs is 1. The van der Waals surface area contributed by atoms with Gasteiger partial charge in [-0.2, -0.15) is 0 Å². The first-order valence-corrected chi connectivity index (χ1v) is 11.3. The van der Waals surface area contributed by atoms with Gasteiger partial charge >= 0.3 is 0 Å². The number of nitrogens with one attached hydrogen (secondary N) is 1. The molecule has 8 nitrogen and oxygen atoms in total. The largest absolute Gasteiger partial charge is 0.351 e. The lowest BCUT2D eigenvalue weighted by Gasteiger charge is -2.26. The molecule has 1 N–H and O–H groups in total. The van der Waals surface area contributed by atoms with Crippen molar-refractivity contribution in [2.45, 2.75) is 58.9 Å². The molecule has 2 amide bonds. The second kappa shape index (κ2) is 7.30. The molecule has 5 rings (SSSR count). The minimum Gasteiger partial charge on any atom is -0.351 e. The third kappa shape index (κ3) is 3.53. The Hall–Kier alpha value is -3.42. The maximum absolute atomic E-state index is 13.6. The summed E-state index contributed by atoms with van der Waals surface area (Å²) in [7, 11) is 0. The van der Waals surface area contributed by atoms with Crippen LogP contribution in [0.15, 0.2) is 42.6 Å². The normalized spacial score (nSPS) is 25.4. The van der Waals surface area contributed by atoms with E-state index >= 15 is 0 Å². The van der Waals surface area contributed by atoms with Crippen LogP contribution in [-0.4, -0.2) is 37.3 Å². The number of hydrogen-bond donors (Lipinski definition) is 1. The van der Waals surface area contributed by atoms with Crippen LogP contribution < -0.4 is 10.2 Å². The molecule has 33 heavy (non-hydrogen) atoms. The predicted octanol–water partition coefficient (Wildman–Crippen LogP) is 3.32. The van der Waals surface area contributed by atoms with Crippen molar-refractivity contribution >= 4 is 23.2 Å². The first-order valence-electron chi connectivity index (χ1n) is 11.3. The zero-order valence-corrected chi connectivity index (χ0v) is 19.6. The fourth-order valence-electron chi connectivity index (χ4n) is 5.06. The Labute approximate surface area is 193 Å². The standard InChI is InChI=1S/C25H28N6O2/c1-14-27-10-16(11-28-14)15-6-7-18-20(8-15)31(23(33)25(18,4)5)21-13-26-12-19(29-21)17-9-24(2,3)30-22(17)32/h6,8,10-13,17-18H,7,9H2,1-5H3,(H,30,32). The highest BCUT2D eigenvalue weighted by Gasteiger charge is 2.52. The summed E-state index contributed by atoms with van der Waals surface area (Å²) < 4.78 is 0. The molecule has 2 aliphatic heterocycles. The Morgan fingerprint density at radius 3 is 2.45 bits per heavy atom. The number of allylic oxidation sites excluding steroid dienone is 4. The number of anilines is 1. The van der Waals surface area contributed by atoms with Gasteiger partial charge in [-0.05, 0) is 45.3 Å². The number of amides is 2. The molecule has 3 aliphatic rings. The molecule has 2 aromatic heterocycles. The first kappa shape index (κ1) is 21.4. The van der Waals surface area contributed by atoms with Gasteiger partial charge in [0.2, 0.25) is 11.8 Å². The van der Waals surface area contributed by atoms with Crippen LogP contribution in [0.1, 0.15) is 63.5 Å². The lowest BCUT2D eigenvalue weighted by atomic mass is 9.75. The van der Waals surface area contributed by atoms with Crippen molar-refractivity contribution in [1.82, 2.24) is 25.3 Å². The topological polar surface area (TPSA) is 101 Å². The lowest BCUT2D eigenvalue weighted by molar-refractivity contribution is -0.125. The molecule has 8 heteroatoms. The molecule has 0 spiro atoms. The van der Waals surface area contributed by atoms with Crippen molar-refractivity contribution in [2.24, 2.45) is 11.3 Å². The van der Waals surface area contributed by atoms with E-state index in [0.717, 1.165) is 23.3 Å². The average Bonchev–Trinajstić information content (AvgIpc) is 3.16. The van der Waals surface area contributed by atoms with Crippen molar-refractivity contribution < 1.29 is 9.59 Å². The SMILES string of the molecule is Cc1ncc(C2=CCC3C(=C2)N(c2cncc(C4CC(C)(C)NC4=O)n2)C(=O)C3(C)C)cn1. The van der Waals surface area contributed by atoms with E-state index in [9.17, 15) is 9.59 Å². The minimum absolute atomic E-state index is 0.0174. The molecule has 2 unspecified atom stereocenters. The molecule has 170 valence electrons. The number of aromatic nitrogens is 4. The Kier molecular flexibility index (Phi) is 4.74. The van der Waals surface area contributed by atoms with E-state index in [2.05, 4.69) is 26.3 Å². The molecule has 2 aromatic rings. The Morgan fingerprint density at radius 2 is 1.79 bits per heavy atom. The Balaban J connectivity index is 1.55. The van der Waals surface area contributed by atoms with E-state index in [4.69, 9.17) is 4.98 Å². The fourth-order valence-corrected chi connectivity index (χ4v) is 5.06. The minimum atomic E-state index is -0.581. The second-order valence-corrected chi connectivity index (χ2v) is 10.3. The zero-order chi connectivity index (χ0) is 23.5. The van der Waals surface area contributed by atoms with Gasteiger partial charge in [-0.15, -0.1) is 0 Å². The van der Waals surface area contributed by atoms with Gasteiger partial charge in [0.1, 0.15) is 5.82 Å². The van der Waals surface area contributed by atoms with Crippen molar-refractivity contribution in [3.8, 4) is 0 Å². The molecule has 0 bridgehead atoms. The highest BCUT2D eigenvalue weighted by molar-refractivity contribution is 6.04. The van der Waals surface area contributed by atoms with Crippen LogP contribution in [0.25, 0.3) is 5.57 Å². The third-order valence-electron chi connectivity index (χ3n) is 6.95. The van der Waals surface area contributed by atoms with Crippen LogP contribution in [0, 0.1) is 18.3 Å². The number of hydrogen-bond acceptors (Lipinski definition) is 6. The maximum atomic E-state index is 13.6. The van der Waals surface area contributed by atoms with Gasteiger partial charge < -0.3 is 5.32 Å². The van der Waals surface area contributed by atoms with Crippen LogP contribution >= 0.6 is 0 Å². The summed E-state index contributed by atoms with van der Waals surface area (Å²) in [4.78, 5) is 45.6. The monoisotopic (exact) mass is 444 g/mol. The van der Waals surface area contributed by atoms with Gasteiger partial charge in [0, 0.05) is 41.3 Å². The van der Waals surface area contributed by atoms with E-state index in [-0.39, 0.29) is 29.2 Å². The summed E-state index contributed by atoms with van der Waals surface area (Å²) in [6, 6.07) is 0. The highest BCUT2D eigenvalue weighted by atomic mass is 16.2. The molecule has 2 fully saturated rings. The smallest absolute Gasteiger partial charge is 0.238 e. The van der Waals surface area contributed by atoms with Gasteiger partial charge in [0.05, 0.1) is 23.2 Å². The van der Waals surface area contributed by atoms with Crippen molar-refractivity contribution in [2.75, 3.05) is 4.90 Å². The van der Waals surface area contributed by atoms with Gasteiger partial charge in [-0.25, -0.2) is 15.0 Å². The molecule has 1 aliphatic carbocycles. The molecular formula is C25H28N6O2. The molecule has 0 saturated carbocycles. The van der Waals surface area contributed by atoms with Crippen LogP contribution in [-0.2, 0) is 9.59 Å². The molecule has 0 aromatic carbocycles. The lowest BCUT2D eigenvalue weighted by Crippen LogP contribution is -2.34. The number of carbonyl (C=O) groups excluding carboxylic acids is 2. The van der Waals surface area contributed by atoms with Crippen molar-refractivity contribution in [3.05, 3.63) is 59.7 Å². The van der Waals surface area contributed by atoms with Crippen LogP contribution in [0.3, 0.4) is 0 Å². The summed E-state index contributed by atoms with van der Waals surface area (Å²) >= 11 is 0. The molecule has 2 saturated heterocycles. The van der Waals surface area contributed by atoms with Crippen LogP contribution in [0.5, 0.6) is 0 Å². The zero-order valence-electron chi connectivity index (χ0n) is 19.6. The highest BCUT2D eigenvalue weighted by Crippen LogP contribution is 2.50. The second-order valence-electron chi connectivity index (χ2n) is 10.3. The quantitative estimate of drug-likeness (QED) is 0.779. The van der Waals surface area contributed by atoms with Gasteiger partial charge in [-0.3, -0.25) is 19.5 Å². The van der Waals surface area contributed by atoms with Crippen LogP contribution in [0.4, 0.5) is 5.82 Å². The predicted molar refractivity (Wildman–Crippen MR) is 124 cm³/mol. The first-order chi connectivity index (χ1) is 15.6. The number of carbonyl (C=O) groups is 2. The Bertz CT molecular complexity index is 1210. The Morgan fingerprint density at radius 1 is 1.06 bits per heavy atom. The van der Waals surface area contributed by atoms with Gasteiger partial charge in [0.25, 0.3) is 0 Å². The number of nitrogens with zero attached hydrogens (tertiary/aromatic N) is 5. The summed E-state index contributed by atoms with van der Waals surface area (Å²) in [6.07, 6.45) is 12.4. The number of aryl methyl sites for hydroxylation is 1. The van der Waals surface area contributed by atoms with Crippen molar-refractivity contribution in [1.29, 1.82) is 0 Å².